The number of nitrogens with zero attached hydrogens (tertiary/aromatic N) is 4. The first kappa shape index (κ1) is 14.1. The Morgan fingerprint density at radius 3 is 2.63 bits per heavy atom. The number of piperidine rings is 1. The highest BCUT2D eigenvalue weighted by atomic mass is 15.3. The van der Waals surface area contributed by atoms with Crippen LogP contribution in [0.15, 0.2) is 6.07 Å². The molecular weight excluding hydrogens is 238 g/mol. The molecule has 0 aliphatic carbocycles. The predicted octanol–water partition coefficient (Wildman–Crippen LogP) is 1.75. The SMILES string of the molecule is Cc1cc(NCCN(C)C)nc(N2CCCCC2)n1. The van der Waals surface area contributed by atoms with Gasteiger partial charge in [-0.3, -0.25) is 0 Å². The van der Waals surface area contributed by atoms with Crippen LogP contribution in [0.25, 0.3) is 0 Å². The standard InChI is InChI=1S/C14H25N5/c1-12-11-13(15-7-10-18(2)3)17-14(16-12)19-8-5-4-6-9-19/h11H,4-10H2,1-3H3,(H,15,16,17). The third kappa shape index (κ3) is 4.35. The molecule has 0 unspecified atom stereocenters. The van der Waals surface area contributed by atoms with Gasteiger partial charge in [0.1, 0.15) is 5.82 Å². The van der Waals surface area contributed by atoms with Gasteiger partial charge < -0.3 is 15.1 Å². The highest BCUT2D eigenvalue weighted by molar-refractivity contribution is 5.43. The molecule has 1 aliphatic heterocycles. The lowest BCUT2D eigenvalue weighted by Gasteiger charge is -2.27. The normalized spacial score (nSPS) is 15.9. The third-order valence-corrected chi connectivity index (χ3v) is 3.35. The largest absolute Gasteiger partial charge is 0.369 e. The van der Waals surface area contributed by atoms with Crippen molar-refractivity contribution in [3.63, 3.8) is 0 Å². The van der Waals surface area contributed by atoms with E-state index in [-0.39, 0.29) is 0 Å². The topological polar surface area (TPSA) is 44.3 Å². The van der Waals surface area contributed by atoms with Crippen molar-refractivity contribution in [3.8, 4) is 0 Å². The number of hydrogen-bond donors (Lipinski definition) is 1. The fraction of sp³-hybridized carbons (Fsp3) is 0.714. The van der Waals surface area contributed by atoms with Crippen LogP contribution in [0.3, 0.4) is 0 Å². The summed E-state index contributed by atoms with van der Waals surface area (Å²) in [7, 11) is 4.15. The lowest BCUT2D eigenvalue weighted by Crippen LogP contribution is -2.31. The molecule has 0 spiro atoms. The molecule has 5 nitrogen and oxygen atoms in total. The number of aromatic nitrogens is 2. The zero-order valence-corrected chi connectivity index (χ0v) is 12.3. The molecule has 106 valence electrons. The van der Waals surface area contributed by atoms with Gasteiger partial charge in [0.15, 0.2) is 0 Å². The van der Waals surface area contributed by atoms with Gasteiger partial charge in [0.2, 0.25) is 5.95 Å². The van der Waals surface area contributed by atoms with Gasteiger partial charge in [0.05, 0.1) is 0 Å². The summed E-state index contributed by atoms with van der Waals surface area (Å²) in [5.41, 5.74) is 1.03. The summed E-state index contributed by atoms with van der Waals surface area (Å²) < 4.78 is 0. The van der Waals surface area contributed by atoms with E-state index in [1.54, 1.807) is 0 Å². The van der Waals surface area contributed by atoms with Crippen LogP contribution in [-0.4, -0.2) is 55.1 Å². The van der Waals surface area contributed by atoms with Crippen molar-refractivity contribution in [1.82, 2.24) is 14.9 Å². The maximum atomic E-state index is 4.64. The number of likely N-dealkylation sites (N-methyl/N-ethyl adjacent to an activating group) is 1. The van der Waals surface area contributed by atoms with Crippen molar-refractivity contribution in [2.45, 2.75) is 26.2 Å². The Morgan fingerprint density at radius 1 is 1.21 bits per heavy atom. The molecule has 2 heterocycles. The van der Waals surface area contributed by atoms with Crippen LogP contribution in [0.5, 0.6) is 0 Å². The number of aryl methyl sites for hydroxylation is 1. The van der Waals surface area contributed by atoms with Gasteiger partial charge in [-0.05, 0) is 40.3 Å². The molecule has 0 radical (unpaired) electrons. The van der Waals surface area contributed by atoms with E-state index in [9.17, 15) is 0 Å². The zero-order valence-electron chi connectivity index (χ0n) is 12.3. The first-order valence-corrected chi connectivity index (χ1v) is 7.14. The molecular formula is C14H25N5. The smallest absolute Gasteiger partial charge is 0.227 e. The van der Waals surface area contributed by atoms with Crippen molar-refractivity contribution in [2.24, 2.45) is 0 Å². The monoisotopic (exact) mass is 263 g/mol. The van der Waals surface area contributed by atoms with E-state index in [2.05, 4.69) is 39.2 Å². The number of rotatable bonds is 5. The Hall–Kier alpha value is -1.36. The van der Waals surface area contributed by atoms with Gasteiger partial charge in [-0.2, -0.15) is 4.98 Å². The zero-order chi connectivity index (χ0) is 13.7. The molecule has 19 heavy (non-hydrogen) atoms. The minimum atomic E-state index is 0.882. The molecule has 0 aromatic carbocycles. The second-order valence-electron chi connectivity index (χ2n) is 5.47. The average Bonchev–Trinajstić information content (AvgIpc) is 2.39. The summed E-state index contributed by atoms with van der Waals surface area (Å²) in [6.07, 6.45) is 3.83. The number of anilines is 2. The van der Waals surface area contributed by atoms with Gasteiger partial charge in [-0.1, -0.05) is 0 Å². The van der Waals surface area contributed by atoms with E-state index in [0.717, 1.165) is 43.6 Å². The summed E-state index contributed by atoms with van der Waals surface area (Å²) in [6.45, 7) is 6.11. The van der Waals surface area contributed by atoms with Gasteiger partial charge in [-0.15, -0.1) is 0 Å². The van der Waals surface area contributed by atoms with Gasteiger partial charge >= 0.3 is 0 Å². The van der Waals surface area contributed by atoms with Crippen molar-refractivity contribution in [1.29, 1.82) is 0 Å². The highest BCUT2D eigenvalue weighted by Gasteiger charge is 2.14. The molecule has 1 saturated heterocycles. The van der Waals surface area contributed by atoms with Crippen LogP contribution >= 0.6 is 0 Å². The van der Waals surface area contributed by atoms with Crippen LogP contribution in [-0.2, 0) is 0 Å². The van der Waals surface area contributed by atoms with Crippen molar-refractivity contribution in [2.75, 3.05) is 50.5 Å². The molecule has 2 rings (SSSR count). The molecule has 0 amide bonds. The van der Waals surface area contributed by atoms with Gasteiger partial charge in [-0.25, -0.2) is 4.98 Å². The maximum absolute atomic E-state index is 4.64. The molecule has 1 fully saturated rings. The summed E-state index contributed by atoms with van der Waals surface area (Å²) >= 11 is 0. The third-order valence-electron chi connectivity index (χ3n) is 3.35. The minimum Gasteiger partial charge on any atom is -0.369 e. The van der Waals surface area contributed by atoms with E-state index >= 15 is 0 Å². The molecule has 0 atom stereocenters. The van der Waals surface area contributed by atoms with E-state index < -0.39 is 0 Å². The molecule has 1 N–H and O–H groups in total. The van der Waals surface area contributed by atoms with Crippen molar-refractivity contribution >= 4 is 11.8 Å². The Morgan fingerprint density at radius 2 is 1.95 bits per heavy atom. The summed E-state index contributed by atoms with van der Waals surface area (Å²) in [4.78, 5) is 13.7. The Labute approximate surface area is 116 Å². The van der Waals surface area contributed by atoms with Crippen LogP contribution in [0.4, 0.5) is 11.8 Å². The van der Waals surface area contributed by atoms with Crippen LogP contribution in [0.1, 0.15) is 25.0 Å². The molecule has 5 heteroatoms. The molecule has 1 aromatic rings. The maximum Gasteiger partial charge on any atom is 0.227 e. The van der Waals surface area contributed by atoms with E-state index in [1.165, 1.54) is 19.3 Å². The molecule has 1 aliphatic rings. The quantitative estimate of drug-likeness (QED) is 0.877. The predicted molar refractivity (Wildman–Crippen MR) is 79.9 cm³/mol. The molecule has 1 aromatic heterocycles. The summed E-state index contributed by atoms with van der Waals surface area (Å²) in [5, 5.41) is 3.38. The van der Waals surface area contributed by atoms with Gasteiger partial charge in [0.25, 0.3) is 0 Å². The summed E-state index contributed by atoms with van der Waals surface area (Å²) in [6, 6.07) is 2.02. The average molecular weight is 263 g/mol. The van der Waals surface area contributed by atoms with E-state index in [1.807, 2.05) is 13.0 Å². The fourth-order valence-electron chi connectivity index (χ4n) is 2.29. The van der Waals surface area contributed by atoms with Crippen LogP contribution in [0, 0.1) is 6.92 Å². The number of hydrogen-bond acceptors (Lipinski definition) is 5. The van der Waals surface area contributed by atoms with Crippen molar-refractivity contribution < 1.29 is 0 Å². The lowest BCUT2D eigenvalue weighted by atomic mass is 10.1. The Balaban J connectivity index is 2.01. The first-order valence-electron chi connectivity index (χ1n) is 7.14. The first-order chi connectivity index (χ1) is 9.15. The highest BCUT2D eigenvalue weighted by Crippen LogP contribution is 2.18. The number of nitrogens with one attached hydrogen (secondary N) is 1. The minimum absolute atomic E-state index is 0.882. The van der Waals surface area contributed by atoms with Crippen LogP contribution in [0.2, 0.25) is 0 Å². The molecule has 0 saturated carbocycles. The second kappa shape index (κ2) is 6.70. The van der Waals surface area contributed by atoms with E-state index in [0.29, 0.717) is 0 Å². The fourth-order valence-corrected chi connectivity index (χ4v) is 2.29. The van der Waals surface area contributed by atoms with E-state index in [4.69, 9.17) is 0 Å². The van der Waals surface area contributed by atoms with Crippen LogP contribution < -0.4 is 10.2 Å². The summed E-state index contributed by atoms with van der Waals surface area (Å²) in [5.74, 6) is 1.82. The molecule has 0 bridgehead atoms. The lowest BCUT2D eigenvalue weighted by molar-refractivity contribution is 0.425. The second-order valence-corrected chi connectivity index (χ2v) is 5.47. The van der Waals surface area contributed by atoms with Crippen molar-refractivity contribution in [3.05, 3.63) is 11.8 Å². The van der Waals surface area contributed by atoms with Gasteiger partial charge in [0, 0.05) is 37.9 Å². The Kier molecular flexibility index (Phi) is 4.96. The Bertz CT molecular complexity index is 399.